The molecule has 0 aliphatic heterocycles. The van der Waals surface area contributed by atoms with Gasteiger partial charge in [0.1, 0.15) is 13.2 Å². The normalized spacial score (nSPS) is 13.1. The Morgan fingerprint density at radius 2 is 0.500 bits per heavy atom. The minimum absolute atomic E-state index is 0.111. The van der Waals surface area contributed by atoms with Crippen molar-refractivity contribution in [2.45, 2.75) is 303 Å². The second-order valence-corrected chi connectivity index (χ2v) is 22.0. The van der Waals surface area contributed by atoms with Gasteiger partial charge < -0.3 is 14.2 Å². The highest BCUT2D eigenvalue weighted by atomic mass is 16.6. The third kappa shape index (κ3) is 66.1. The van der Waals surface area contributed by atoms with E-state index in [0.717, 1.165) is 122 Å². The second kappa shape index (κ2) is 68.8. The Labute approximate surface area is 506 Å². The van der Waals surface area contributed by atoms with E-state index in [4.69, 9.17) is 14.2 Å². The average molecular weight is 1130 g/mol. The van der Waals surface area contributed by atoms with Crippen molar-refractivity contribution >= 4 is 17.9 Å². The van der Waals surface area contributed by atoms with Crippen LogP contribution in [-0.2, 0) is 28.6 Å². The Bertz CT molecular complexity index is 1780. The lowest BCUT2D eigenvalue weighted by Crippen LogP contribution is -2.30. The highest BCUT2D eigenvalue weighted by Crippen LogP contribution is 2.16. The van der Waals surface area contributed by atoms with Crippen molar-refractivity contribution < 1.29 is 28.6 Å². The lowest BCUT2D eigenvalue weighted by atomic mass is 10.0. The predicted molar refractivity (Wildman–Crippen MR) is 357 cm³/mol. The summed E-state index contributed by atoms with van der Waals surface area (Å²) >= 11 is 0. The molecule has 0 rings (SSSR count). The molecule has 0 aromatic heterocycles. The maximum Gasteiger partial charge on any atom is 0.306 e. The van der Waals surface area contributed by atoms with Crippen LogP contribution in [0.15, 0.2) is 146 Å². The van der Waals surface area contributed by atoms with Gasteiger partial charge in [-0.3, -0.25) is 14.4 Å². The summed E-state index contributed by atoms with van der Waals surface area (Å²) in [4.78, 5) is 38.4. The molecule has 0 saturated carbocycles. The first-order chi connectivity index (χ1) is 40.5. The lowest BCUT2D eigenvalue weighted by molar-refractivity contribution is -0.166. The number of hydrogen-bond acceptors (Lipinski definition) is 6. The van der Waals surface area contributed by atoms with Crippen LogP contribution in [0, 0.1) is 0 Å². The zero-order valence-corrected chi connectivity index (χ0v) is 53.2. The van der Waals surface area contributed by atoms with E-state index in [-0.39, 0.29) is 31.6 Å². The average Bonchev–Trinajstić information content (AvgIpc) is 3.47. The third-order valence-electron chi connectivity index (χ3n) is 14.1. The predicted octanol–water partition coefficient (Wildman–Crippen LogP) is 23.5. The highest BCUT2D eigenvalue weighted by molar-refractivity contribution is 5.71. The van der Waals surface area contributed by atoms with E-state index in [9.17, 15) is 14.4 Å². The molecule has 1 atom stereocenters. The molecule has 0 spiro atoms. The van der Waals surface area contributed by atoms with Crippen molar-refractivity contribution in [3.63, 3.8) is 0 Å². The van der Waals surface area contributed by atoms with Crippen LogP contribution in [0.3, 0.4) is 0 Å². The van der Waals surface area contributed by atoms with Crippen LogP contribution in [0.1, 0.15) is 297 Å². The van der Waals surface area contributed by atoms with E-state index in [2.05, 4.69) is 161 Å². The first-order valence-electron chi connectivity index (χ1n) is 33.8. The molecular formula is C76H124O6. The number of allylic oxidation sites excluding steroid dienone is 24. The van der Waals surface area contributed by atoms with Crippen LogP contribution in [0.2, 0.25) is 0 Å². The molecule has 0 N–H and O–H groups in total. The molecule has 0 aromatic rings. The fraction of sp³-hybridized carbons (Fsp3) is 0.645. The van der Waals surface area contributed by atoms with Crippen molar-refractivity contribution in [3.05, 3.63) is 146 Å². The molecular weight excluding hydrogens is 1010 g/mol. The summed E-state index contributed by atoms with van der Waals surface area (Å²) in [7, 11) is 0. The maximum atomic E-state index is 12.9. The quantitative estimate of drug-likeness (QED) is 0.0261. The second-order valence-electron chi connectivity index (χ2n) is 22.0. The van der Waals surface area contributed by atoms with E-state index in [1.165, 1.54) is 128 Å². The maximum absolute atomic E-state index is 12.9. The molecule has 0 saturated heterocycles. The van der Waals surface area contributed by atoms with Gasteiger partial charge in [0.05, 0.1) is 0 Å². The summed E-state index contributed by atoms with van der Waals surface area (Å²) in [6, 6.07) is 0. The molecule has 6 heteroatoms. The van der Waals surface area contributed by atoms with Crippen LogP contribution < -0.4 is 0 Å². The molecule has 82 heavy (non-hydrogen) atoms. The standard InChI is InChI=1S/C76H124O6/c1-4-7-10-13-16-19-22-25-28-31-33-34-35-36-37-38-39-40-41-42-44-45-48-51-54-57-60-63-66-69-75(78)81-72-73(71-80-74(77)68-65-62-59-56-53-50-47-30-27-24-21-18-15-12-9-6-3)82-76(79)70-67-64-61-58-55-52-49-46-43-32-29-26-23-20-17-14-11-8-5-2/h7-8,10-11,16-17,19-20,25-26,28-29,33-34,36-37,39-40,43,46,52,55,61,64,73H,4-6,9,12-15,18,21-24,27,30-32,35,38,41-42,44-45,47-51,53-54,56-60,62-63,65-72H2,1-3H3/b10-7-,11-8-,19-16-,20-17-,28-25-,29-26-,34-33-,37-36-,40-39-,46-43-,55-52-,64-61-. The van der Waals surface area contributed by atoms with Crippen molar-refractivity contribution in [1.82, 2.24) is 0 Å². The molecule has 1 unspecified atom stereocenters. The van der Waals surface area contributed by atoms with Crippen LogP contribution in [0.4, 0.5) is 0 Å². The smallest absolute Gasteiger partial charge is 0.306 e. The minimum Gasteiger partial charge on any atom is -0.462 e. The summed E-state index contributed by atoms with van der Waals surface area (Å²) in [5.74, 6) is -0.995. The molecule has 0 fully saturated rings. The summed E-state index contributed by atoms with van der Waals surface area (Å²) < 4.78 is 16.9. The number of rotatable bonds is 60. The van der Waals surface area contributed by atoms with Crippen LogP contribution in [0.25, 0.3) is 0 Å². The van der Waals surface area contributed by atoms with Gasteiger partial charge in [-0.1, -0.05) is 314 Å². The molecule has 0 aliphatic rings. The Balaban J connectivity index is 4.42. The Hall–Kier alpha value is -4.71. The van der Waals surface area contributed by atoms with Gasteiger partial charge in [-0.2, -0.15) is 0 Å². The number of hydrogen-bond donors (Lipinski definition) is 0. The molecule has 0 heterocycles. The monoisotopic (exact) mass is 1130 g/mol. The van der Waals surface area contributed by atoms with Crippen molar-refractivity contribution in [1.29, 1.82) is 0 Å². The van der Waals surface area contributed by atoms with Gasteiger partial charge in [-0.25, -0.2) is 0 Å². The lowest BCUT2D eigenvalue weighted by Gasteiger charge is -2.18. The van der Waals surface area contributed by atoms with Crippen molar-refractivity contribution in [2.75, 3.05) is 13.2 Å². The van der Waals surface area contributed by atoms with Crippen LogP contribution >= 0.6 is 0 Å². The van der Waals surface area contributed by atoms with Crippen LogP contribution in [0.5, 0.6) is 0 Å². The SMILES string of the molecule is CC/C=C\C/C=C\C/C=C\C/C=C\C/C=C\C/C=C\CCCCCCCCCCCCC(=O)OCC(COC(=O)CCCCCCCCCCCCCCCCCC)OC(=O)CC/C=C\C/C=C\C/C=C\C/C=C\C/C=C\C/C=C\CC. The number of ether oxygens (including phenoxy) is 3. The largest absolute Gasteiger partial charge is 0.462 e. The molecule has 464 valence electrons. The molecule has 0 aliphatic carbocycles. The fourth-order valence-corrected chi connectivity index (χ4v) is 9.12. The number of unbranched alkanes of at least 4 members (excludes halogenated alkanes) is 25. The summed E-state index contributed by atoms with van der Waals surface area (Å²) in [6.07, 6.45) is 98.7. The first-order valence-corrected chi connectivity index (χ1v) is 33.8. The van der Waals surface area contributed by atoms with Gasteiger partial charge in [0.2, 0.25) is 0 Å². The first kappa shape index (κ1) is 77.3. The Morgan fingerprint density at radius 3 is 0.793 bits per heavy atom. The number of carbonyl (C=O) groups is 3. The summed E-state index contributed by atoms with van der Waals surface area (Å²) in [5, 5.41) is 0. The topological polar surface area (TPSA) is 78.9 Å². The van der Waals surface area contributed by atoms with Gasteiger partial charge in [0, 0.05) is 19.3 Å². The van der Waals surface area contributed by atoms with E-state index in [0.29, 0.717) is 19.3 Å². The Kier molecular flexibility index (Phi) is 64.8. The zero-order valence-electron chi connectivity index (χ0n) is 53.2. The van der Waals surface area contributed by atoms with Gasteiger partial charge in [-0.15, -0.1) is 0 Å². The summed E-state index contributed by atoms with van der Waals surface area (Å²) in [5.41, 5.74) is 0. The van der Waals surface area contributed by atoms with E-state index in [1.54, 1.807) is 0 Å². The Morgan fingerprint density at radius 1 is 0.256 bits per heavy atom. The summed E-state index contributed by atoms with van der Waals surface area (Å²) in [6.45, 7) is 6.37. The van der Waals surface area contributed by atoms with Gasteiger partial charge in [0.15, 0.2) is 6.10 Å². The molecule has 0 bridgehead atoms. The highest BCUT2D eigenvalue weighted by Gasteiger charge is 2.19. The van der Waals surface area contributed by atoms with Crippen molar-refractivity contribution in [3.8, 4) is 0 Å². The fourth-order valence-electron chi connectivity index (χ4n) is 9.12. The molecule has 0 aromatic carbocycles. The van der Waals surface area contributed by atoms with Gasteiger partial charge in [0.25, 0.3) is 0 Å². The van der Waals surface area contributed by atoms with Gasteiger partial charge in [-0.05, 0) is 109 Å². The van der Waals surface area contributed by atoms with E-state index in [1.807, 2.05) is 6.08 Å². The number of carbonyl (C=O) groups excluding carboxylic acids is 3. The van der Waals surface area contributed by atoms with E-state index < -0.39 is 12.1 Å². The molecule has 0 radical (unpaired) electrons. The molecule has 0 amide bonds. The molecule has 6 nitrogen and oxygen atoms in total. The van der Waals surface area contributed by atoms with Gasteiger partial charge >= 0.3 is 17.9 Å². The van der Waals surface area contributed by atoms with Crippen LogP contribution in [-0.4, -0.2) is 37.2 Å². The zero-order chi connectivity index (χ0) is 59.2. The number of esters is 3. The minimum atomic E-state index is -0.826. The van der Waals surface area contributed by atoms with Crippen molar-refractivity contribution in [2.24, 2.45) is 0 Å². The third-order valence-corrected chi connectivity index (χ3v) is 14.1. The van der Waals surface area contributed by atoms with E-state index >= 15 is 0 Å².